The van der Waals surface area contributed by atoms with E-state index in [0.29, 0.717) is 22.9 Å². The molecule has 0 aliphatic rings. The lowest BCUT2D eigenvalue weighted by Gasteiger charge is -2.02. The number of aromatic nitrogens is 1. The van der Waals surface area contributed by atoms with Crippen molar-refractivity contribution >= 4 is 15.9 Å². The van der Waals surface area contributed by atoms with Crippen LogP contribution in [0.3, 0.4) is 0 Å². The number of phenols is 1. The first-order chi connectivity index (χ1) is 7.24. The summed E-state index contributed by atoms with van der Waals surface area (Å²) in [6.07, 6.45) is 1.59. The normalized spacial score (nSPS) is 10.2. The van der Waals surface area contributed by atoms with E-state index in [4.69, 9.17) is 14.3 Å². The van der Waals surface area contributed by atoms with E-state index in [9.17, 15) is 0 Å². The zero-order chi connectivity index (χ0) is 10.7. The van der Waals surface area contributed by atoms with Crippen LogP contribution in [0, 0.1) is 0 Å². The Morgan fingerprint density at radius 3 is 2.67 bits per heavy atom. The summed E-state index contributed by atoms with van der Waals surface area (Å²) in [5, 5.41) is 9.05. The fourth-order valence-corrected chi connectivity index (χ4v) is 1.36. The Kier molecular flexibility index (Phi) is 2.91. The second-order valence-corrected chi connectivity index (χ2v) is 3.54. The number of nitrogens with zero attached hydrogens (tertiary/aromatic N) is 1. The third-order valence-electron chi connectivity index (χ3n) is 1.74. The molecule has 0 radical (unpaired) electrons. The second kappa shape index (κ2) is 4.35. The van der Waals surface area contributed by atoms with Crippen molar-refractivity contribution in [2.45, 2.75) is 6.61 Å². The molecule has 0 fully saturated rings. The summed E-state index contributed by atoms with van der Waals surface area (Å²) in [7, 11) is 0. The van der Waals surface area contributed by atoms with Crippen molar-refractivity contribution in [3.63, 3.8) is 0 Å². The topological polar surface area (TPSA) is 55.5 Å². The molecule has 1 heterocycles. The van der Waals surface area contributed by atoms with E-state index >= 15 is 0 Å². The highest BCUT2D eigenvalue weighted by molar-refractivity contribution is 9.10. The third kappa shape index (κ3) is 2.73. The maximum Gasteiger partial charge on any atom is 0.264 e. The van der Waals surface area contributed by atoms with Gasteiger partial charge in [0.2, 0.25) is 0 Å². The van der Waals surface area contributed by atoms with Gasteiger partial charge in [0.05, 0.1) is 6.20 Å². The van der Waals surface area contributed by atoms with Crippen LogP contribution >= 0.6 is 15.9 Å². The van der Waals surface area contributed by atoms with Gasteiger partial charge >= 0.3 is 0 Å². The molecule has 15 heavy (non-hydrogen) atoms. The smallest absolute Gasteiger partial charge is 0.264 e. The SMILES string of the molecule is Oc1ccc(OCc2cnc(Br)o2)cc1. The van der Waals surface area contributed by atoms with Crippen LogP contribution in [0.1, 0.15) is 5.76 Å². The van der Waals surface area contributed by atoms with Crippen molar-refractivity contribution in [2.75, 3.05) is 0 Å². The van der Waals surface area contributed by atoms with Gasteiger partial charge in [0.15, 0.2) is 5.76 Å². The zero-order valence-corrected chi connectivity index (χ0v) is 9.27. The number of aromatic hydroxyl groups is 1. The molecule has 0 bridgehead atoms. The number of oxazole rings is 1. The average Bonchev–Trinajstić information content (AvgIpc) is 2.64. The molecule has 0 amide bonds. The van der Waals surface area contributed by atoms with E-state index in [1.54, 1.807) is 30.5 Å². The standard InChI is InChI=1S/C10H8BrNO3/c11-10-12-5-9(15-10)6-14-8-3-1-7(13)2-4-8/h1-5,13H,6H2. The molecule has 2 aromatic rings. The molecule has 0 unspecified atom stereocenters. The zero-order valence-electron chi connectivity index (χ0n) is 7.68. The summed E-state index contributed by atoms with van der Waals surface area (Å²) in [4.78, 5) is 4.31. The van der Waals surface area contributed by atoms with Crippen molar-refractivity contribution in [2.24, 2.45) is 0 Å². The van der Waals surface area contributed by atoms with Crippen molar-refractivity contribution in [1.29, 1.82) is 0 Å². The lowest BCUT2D eigenvalue weighted by molar-refractivity contribution is 0.267. The van der Waals surface area contributed by atoms with Crippen LogP contribution in [0.2, 0.25) is 0 Å². The van der Waals surface area contributed by atoms with Gasteiger partial charge in [-0.25, -0.2) is 4.98 Å². The summed E-state index contributed by atoms with van der Waals surface area (Å²) in [6.45, 7) is 0.309. The molecule has 0 spiro atoms. The lowest BCUT2D eigenvalue weighted by atomic mass is 10.3. The summed E-state index contributed by atoms with van der Waals surface area (Å²) in [5.74, 6) is 1.51. The van der Waals surface area contributed by atoms with Crippen LogP contribution in [0.5, 0.6) is 11.5 Å². The Morgan fingerprint density at radius 1 is 1.33 bits per heavy atom. The number of ether oxygens (including phenoxy) is 1. The van der Waals surface area contributed by atoms with E-state index in [1.807, 2.05) is 0 Å². The van der Waals surface area contributed by atoms with Gasteiger partial charge in [-0.15, -0.1) is 0 Å². The molecule has 5 heteroatoms. The molecular formula is C10H8BrNO3. The predicted molar refractivity (Wildman–Crippen MR) is 56.6 cm³/mol. The number of hydrogen-bond donors (Lipinski definition) is 1. The Bertz CT molecular complexity index is 438. The van der Waals surface area contributed by atoms with E-state index in [1.165, 1.54) is 0 Å². The Morgan fingerprint density at radius 2 is 2.07 bits per heavy atom. The fraction of sp³-hybridized carbons (Fsp3) is 0.100. The quantitative estimate of drug-likeness (QED) is 0.931. The van der Waals surface area contributed by atoms with E-state index < -0.39 is 0 Å². The van der Waals surface area contributed by atoms with Gasteiger partial charge < -0.3 is 14.3 Å². The summed E-state index contributed by atoms with van der Waals surface area (Å²) in [5.41, 5.74) is 0. The maximum atomic E-state index is 9.05. The van der Waals surface area contributed by atoms with E-state index in [-0.39, 0.29) is 5.75 Å². The van der Waals surface area contributed by atoms with Crippen molar-refractivity contribution in [3.05, 3.63) is 41.0 Å². The summed E-state index contributed by atoms with van der Waals surface area (Å²) in [6, 6.07) is 6.48. The highest BCUT2D eigenvalue weighted by Crippen LogP contribution is 2.18. The van der Waals surface area contributed by atoms with E-state index in [2.05, 4.69) is 20.9 Å². The predicted octanol–water partition coefficient (Wildman–Crippen LogP) is 2.72. The Labute approximate surface area is 94.6 Å². The number of hydrogen-bond acceptors (Lipinski definition) is 4. The van der Waals surface area contributed by atoms with Crippen LogP contribution < -0.4 is 4.74 Å². The van der Waals surface area contributed by atoms with Crippen LogP contribution in [0.4, 0.5) is 0 Å². The number of phenolic OH excluding ortho intramolecular Hbond substituents is 1. The molecule has 0 aliphatic heterocycles. The van der Waals surface area contributed by atoms with Crippen LogP contribution in [0.25, 0.3) is 0 Å². The van der Waals surface area contributed by atoms with Crippen molar-refractivity contribution in [3.8, 4) is 11.5 Å². The fourth-order valence-electron chi connectivity index (χ4n) is 1.05. The molecule has 78 valence electrons. The van der Waals surface area contributed by atoms with Gasteiger partial charge in [-0.05, 0) is 24.3 Å². The lowest BCUT2D eigenvalue weighted by Crippen LogP contribution is -1.92. The van der Waals surface area contributed by atoms with Gasteiger partial charge in [0.1, 0.15) is 18.1 Å². The Hall–Kier alpha value is -1.49. The maximum absolute atomic E-state index is 9.05. The minimum absolute atomic E-state index is 0.213. The van der Waals surface area contributed by atoms with Gasteiger partial charge in [-0.3, -0.25) is 0 Å². The van der Waals surface area contributed by atoms with Gasteiger partial charge in [-0.1, -0.05) is 0 Å². The Balaban J connectivity index is 1.96. The summed E-state index contributed by atoms with van der Waals surface area (Å²) < 4.78 is 10.6. The second-order valence-electron chi connectivity index (χ2n) is 2.86. The first-order valence-corrected chi connectivity index (χ1v) is 5.05. The molecule has 0 saturated heterocycles. The first-order valence-electron chi connectivity index (χ1n) is 4.26. The highest BCUT2D eigenvalue weighted by Gasteiger charge is 2.01. The largest absolute Gasteiger partial charge is 0.508 e. The van der Waals surface area contributed by atoms with Gasteiger partial charge in [-0.2, -0.15) is 0 Å². The number of benzene rings is 1. The first kappa shape index (κ1) is 10.0. The highest BCUT2D eigenvalue weighted by atomic mass is 79.9. The van der Waals surface area contributed by atoms with Crippen LogP contribution in [0.15, 0.2) is 39.7 Å². The van der Waals surface area contributed by atoms with Gasteiger partial charge in [0, 0.05) is 15.9 Å². The molecule has 1 N–H and O–H groups in total. The molecular weight excluding hydrogens is 262 g/mol. The monoisotopic (exact) mass is 269 g/mol. The third-order valence-corrected chi connectivity index (χ3v) is 2.11. The molecule has 4 nitrogen and oxygen atoms in total. The van der Waals surface area contributed by atoms with Crippen LogP contribution in [-0.4, -0.2) is 10.1 Å². The molecule has 0 aliphatic carbocycles. The van der Waals surface area contributed by atoms with Gasteiger partial charge in [0.25, 0.3) is 4.80 Å². The van der Waals surface area contributed by atoms with Crippen LogP contribution in [-0.2, 0) is 6.61 Å². The molecule has 0 saturated carbocycles. The number of halogens is 1. The summed E-state index contributed by atoms with van der Waals surface area (Å²) >= 11 is 3.10. The molecule has 1 aromatic carbocycles. The van der Waals surface area contributed by atoms with E-state index in [0.717, 1.165) is 0 Å². The van der Waals surface area contributed by atoms with Crippen molar-refractivity contribution in [1.82, 2.24) is 4.98 Å². The van der Waals surface area contributed by atoms with Crippen molar-refractivity contribution < 1.29 is 14.3 Å². The minimum Gasteiger partial charge on any atom is -0.508 e. The molecule has 1 aromatic heterocycles. The molecule has 0 atom stereocenters. The molecule has 2 rings (SSSR count). The minimum atomic E-state index is 0.213. The average molecular weight is 270 g/mol. The number of rotatable bonds is 3.